The minimum absolute atomic E-state index is 0.145. The molecule has 2 aliphatic rings. The van der Waals surface area contributed by atoms with E-state index < -0.39 is 43.3 Å². The first-order valence-corrected chi connectivity index (χ1v) is 9.89. The zero-order valence-corrected chi connectivity index (χ0v) is 16.1. The van der Waals surface area contributed by atoms with Crippen molar-refractivity contribution in [3.63, 3.8) is 0 Å². The van der Waals surface area contributed by atoms with Gasteiger partial charge < -0.3 is 33.1 Å². The molecule has 0 aromatic carbocycles. The first kappa shape index (κ1) is 20.3. The SMILES string of the molecule is CCOP(=O)(OCC)[C@H](O)[C@H]1OC(C)(C)O[C@@H]1[C@H]1COC(C)(C)O1. The van der Waals surface area contributed by atoms with E-state index in [9.17, 15) is 9.67 Å². The van der Waals surface area contributed by atoms with Crippen LogP contribution in [0.25, 0.3) is 0 Å². The fourth-order valence-corrected chi connectivity index (χ4v) is 4.63. The molecule has 0 bridgehead atoms. The highest BCUT2D eigenvalue weighted by Crippen LogP contribution is 2.56. The number of rotatable bonds is 7. The molecule has 2 aliphatic heterocycles. The quantitative estimate of drug-likeness (QED) is 0.684. The molecule has 0 aromatic heterocycles. The Hall–Kier alpha value is -0.0500. The summed E-state index contributed by atoms with van der Waals surface area (Å²) >= 11 is 0. The van der Waals surface area contributed by atoms with Gasteiger partial charge in [0.2, 0.25) is 0 Å². The van der Waals surface area contributed by atoms with E-state index >= 15 is 0 Å². The predicted molar refractivity (Wildman–Crippen MR) is 85.6 cm³/mol. The van der Waals surface area contributed by atoms with E-state index in [2.05, 4.69) is 0 Å². The zero-order valence-electron chi connectivity index (χ0n) is 15.2. The predicted octanol–water partition coefficient (Wildman–Crippen LogP) is 2.24. The van der Waals surface area contributed by atoms with Crippen LogP contribution in [0.15, 0.2) is 0 Å². The monoisotopic (exact) mass is 368 g/mol. The van der Waals surface area contributed by atoms with Crippen LogP contribution in [0.5, 0.6) is 0 Å². The molecule has 2 rings (SSSR count). The van der Waals surface area contributed by atoms with Crippen LogP contribution in [0.3, 0.4) is 0 Å². The van der Waals surface area contributed by atoms with Crippen LogP contribution in [0.1, 0.15) is 41.5 Å². The lowest BCUT2D eigenvalue weighted by molar-refractivity contribution is -0.175. The van der Waals surface area contributed by atoms with Crippen LogP contribution in [0.4, 0.5) is 0 Å². The second kappa shape index (κ2) is 7.29. The maximum Gasteiger partial charge on any atom is 0.361 e. The highest BCUT2D eigenvalue weighted by Gasteiger charge is 2.56. The third kappa shape index (κ3) is 4.37. The summed E-state index contributed by atoms with van der Waals surface area (Å²) in [6.45, 7) is 11.0. The smallest absolute Gasteiger partial charge is 0.361 e. The third-order valence-electron chi connectivity index (χ3n) is 3.80. The van der Waals surface area contributed by atoms with Gasteiger partial charge in [-0.25, -0.2) is 0 Å². The molecule has 2 heterocycles. The van der Waals surface area contributed by atoms with Crippen molar-refractivity contribution in [1.29, 1.82) is 0 Å². The summed E-state index contributed by atoms with van der Waals surface area (Å²) in [6.07, 6.45) is -2.05. The van der Waals surface area contributed by atoms with Crippen LogP contribution in [-0.2, 0) is 32.6 Å². The Morgan fingerprint density at radius 1 is 1.08 bits per heavy atom. The van der Waals surface area contributed by atoms with Crippen molar-refractivity contribution in [1.82, 2.24) is 0 Å². The van der Waals surface area contributed by atoms with Crippen LogP contribution in [-0.4, -0.2) is 60.7 Å². The van der Waals surface area contributed by atoms with Gasteiger partial charge in [0.25, 0.3) is 0 Å². The van der Waals surface area contributed by atoms with Gasteiger partial charge in [-0.05, 0) is 41.5 Å². The molecule has 9 heteroatoms. The number of hydrogen-bond acceptors (Lipinski definition) is 8. The fraction of sp³-hybridized carbons (Fsp3) is 1.00. The number of ether oxygens (including phenoxy) is 4. The molecule has 2 saturated heterocycles. The molecule has 1 N–H and O–H groups in total. The largest absolute Gasteiger partial charge is 0.378 e. The van der Waals surface area contributed by atoms with Gasteiger partial charge in [-0.3, -0.25) is 4.57 Å². The first-order valence-electron chi connectivity index (χ1n) is 8.28. The molecule has 0 aromatic rings. The van der Waals surface area contributed by atoms with Gasteiger partial charge in [0.05, 0.1) is 19.8 Å². The van der Waals surface area contributed by atoms with Gasteiger partial charge in [-0.2, -0.15) is 0 Å². The van der Waals surface area contributed by atoms with Gasteiger partial charge in [-0.15, -0.1) is 0 Å². The number of hydrogen-bond donors (Lipinski definition) is 1. The summed E-state index contributed by atoms with van der Waals surface area (Å²) in [5.41, 5.74) is 0. The van der Waals surface area contributed by atoms with Crippen LogP contribution in [0, 0.1) is 0 Å². The Labute approximate surface area is 143 Å². The summed E-state index contributed by atoms with van der Waals surface area (Å²) < 4.78 is 46.5. The Balaban J connectivity index is 2.22. The molecule has 0 aliphatic carbocycles. The van der Waals surface area contributed by atoms with E-state index in [0.717, 1.165) is 0 Å². The molecule has 2 fully saturated rings. The van der Waals surface area contributed by atoms with Gasteiger partial charge in [-0.1, -0.05) is 0 Å². The maximum atomic E-state index is 12.9. The molecule has 142 valence electrons. The van der Waals surface area contributed by atoms with E-state index in [0.29, 0.717) is 0 Å². The highest BCUT2D eigenvalue weighted by molar-refractivity contribution is 7.54. The third-order valence-corrected chi connectivity index (χ3v) is 5.97. The standard InChI is InChI=1S/C15H29O8P/c1-7-19-24(17,20-8-2)13(16)12-11(22-15(5,6)23-12)10-9-18-14(3,4)21-10/h10-13,16H,7-9H2,1-6H3/t10-,11-,12+,13+/m1/s1. The topological polar surface area (TPSA) is 92.7 Å². The van der Waals surface area contributed by atoms with Gasteiger partial charge >= 0.3 is 7.60 Å². The van der Waals surface area contributed by atoms with Gasteiger partial charge in [0.1, 0.15) is 18.3 Å². The number of aliphatic hydroxyl groups is 1. The molecule has 0 saturated carbocycles. The van der Waals surface area contributed by atoms with Crippen LogP contribution >= 0.6 is 7.60 Å². The van der Waals surface area contributed by atoms with Crippen LogP contribution in [0.2, 0.25) is 0 Å². The molecule has 8 nitrogen and oxygen atoms in total. The summed E-state index contributed by atoms with van der Waals surface area (Å²) in [7, 11) is -3.77. The van der Waals surface area contributed by atoms with E-state index in [1.54, 1.807) is 41.5 Å². The van der Waals surface area contributed by atoms with E-state index in [1.807, 2.05) is 0 Å². The second-order valence-corrected chi connectivity index (χ2v) is 8.85. The summed E-state index contributed by atoms with van der Waals surface area (Å²) in [5, 5.41) is 10.7. The minimum Gasteiger partial charge on any atom is -0.378 e. The Morgan fingerprint density at radius 2 is 1.67 bits per heavy atom. The summed E-state index contributed by atoms with van der Waals surface area (Å²) in [6, 6.07) is 0. The molecule has 0 amide bonds. The van der Waals surface area contributed by atoms with Crippen molar-refractivity contribution in [3.8, 4) is 0 Å². The first-order chi connectivity index (χ1) is 11.0. The number of aliphatic hydroxyl groups excluding tert-OH is 1. The lowest BCUT2D eigenvalue weighted by Gasteiger charge is -2.30. The minimum atomic E-state index is -3.77. The van der Waals surface area contributed by atoms with Crippen molar-refractivity contribution in [2.24, 2.45) is 0 Å². The molecule has 24 heavy (non-hydrogen) atoms. The van der Waals surface area contributed by atoms with E-state index in [-0.39, 0.29) is 19.8 Å². The Kier molecular flexibility index (Phi) is 6.15. The summed E-state index contributed by atoms with van der Waals surface area (Å²) in [5.74, 6) is -3.20. The van der Waals surface area contributed by atoms with Crippen molar-refractivity contribution < 1.29 is 37.7 Å². The zero-order chi connectivity index (χ0) is 18.2. The summed E-state index contributed by atoms with van der Waals surface area (Å²) in [4.78, 5) is 0. The van der Waals surface area contributed by atoms with Gasteiger partial charge in [0, 0.05) is 0 Å². The highest BCUT2D eigenvalue weighted by atomic mass is 31.2. The molecule has 0 unspecified atom stereocenters. The molecular weight excluding hydrogens is 339 g/mol. The molecule has 0 spiro atoms. The lowest BCUT2D eigenvalue weighted by atomic mass is 10.1. The Bertz CT molecular complexity index is 470. The molecule has 4 atom stereocenters. The van der Waals surface area contributed by atoms with E-state index in [4.69, 9.17) is 28.0 Å². The average Bonchev–Trinajstić information content (AvgIpc) is 2.97. The second-order valence-electron chi connectivity index (χ2n) is 6.72. The van der Waals surface area contributed by atoms with Crippen molar-refractivity contribution in [2.75, 3.05) is 19.8 Å². The van der Waals surface area contributed by atoms with Gasteiger partial charge in [0.15, 0.2) is 17.4 Å². The Morgan fingerprint density at radius 3 is 2.12 bits per heavy atom. The maximum absolute atomic E-state index is 12.9. The molecule has 0 radical (unpaired) electrons. The normalized spacial score (nSPS) is 33.7. The van der Waals surface area contributed by atoms with Crippen molar-refractivity contribution in [2.45, 2.75) is 77.3 Å². The van der Waals surface area contributed by atoms with Crippen LogP contribution < -0.4 is 0 Å². The lowest BCUT2D eigenvalue weighted by Crippen LogP contribution is -2.44. The fourth-order valence-electron chi connectivity index (χ4n) is 2.94. The molecular formula is C15H29O8P. The van der Waals surface area contributed by atoms with E-state index in [1.165, 1.54) is 0 Å². The van der Waals surface area contributed by atoms with Crippen molar-refractivity contribution >= 4 is 7.60 Å². The average molecular weight is 368 g/mol. The van der Waals surface area contributed by atoms with Crippen molar-refractivity contribution in [3.05, 3.63) is 0 Å².